The summed E-state index contributed by atoms with van der Waals surface area (Å²) in [4.78, 5) is 32.2. The van der Waals surface area contributed by atoms with E-state index in [0.717, 1.165) is 10.9 Å². The fourth-order valence-corrected chi connectivity index (χ4v) is 2.69. The standard InChI is InChI=1S/C19H19N3O5/c1-4-26-18-15(9-20-10-22-18)17(23)21-8-13-7-12-5-11(2)6-14(16(12)27-13)19(24)25-3/h5-7,9-10H,4,8H2,1-3H3,(H,21,23). The number of nitrogens with zero attached hydrogens (tertiary/aromatic N) is 2. The third-order valence-corrected chi connectivity index (χ3v) is 3.84. The van der Waals surface area contributed by atoms with Crippen molar-refractivity contribution >= 4 is 22.8 Å². The Morgan fingerprint density at radius 2 is 2.04 bits per heavy atom. The van der Waals surface area contributed by atoms with Gasteiger partial charge in [-0.25, -0.2) is 14.8 Å². The van der Waals surface area contributed by atoms with Crippen LogP contribution in [0.25, 0.3) is 11.0 Å². The highest BCUT2D eigenvalue weighted by molar-refractivity contribution is 6.02. The summed E-state index contributed by atoms with van der Waals surface area (Å²) >= 11 is 0. The first kappa shape index (κ1) is 18.4. The summed E-state index contributed by atoms with van der Waals surface area (Å²) in [6.45, 7) is 4.20. The van der Waals surface area contributed by atoms with E-state index in [1.807, 2.05) is 13.0 Å². The largest absolute Gasteiger partial charge is 0.477 e. The summed E-state index contributed by atoms with van der Waals surface area (Å²) in [6.07, 6.45) is 2.71. The first-order chi connectivity index (χ1) is 13.0. The quantitative estimate of drug-likeness (QED) is 0.666. The van der Waals surface area contributed by atoms with Crippen LogP contribution in [0, 0.1) is 6.92 Å². The highest BCUT2D eigenvalue weighted by Gasteiger charge is 2.18. The maximum Gasteiger partial charge on any atom is 0.341 e. The van der Waals surface area contributed by atoms with Crippen molar-refractivity contribution in [3.05, 3.63) is 53.2 Å². The van der Waals surface area contributed by atoms with Crippen LogP contribution in [-0.2, 0) is 11.3 Å². The van der Waals surface area contributed by atoms with Gasteiger partial charge in [0, 0.05) is 11.6 Å². The Bertz CT molecular complexity index is 996. The van der Waals surface area contributed by atoms with Crippen LogP contribution >= 0.6 is 0 Å². The Morgan fingerprint density at radius 3 is 2.78 bits per heavy atom. The molecule has 2 aromatic heterocycles. The molecule has 0 aliphatic heterocycles. The number of carbonyl (C=O) groups excluding carboxylic acids is 2. The zero-order valence-electron chi connectivity index (χ0n) is 15.2. The lowest BCUT2D eigenvalue weighted by Crippen LogP contribution is -2.23. The number of hydrogen-bond acceptors (Lipinski definition) is 7. The van der Waals surface area contributed by atoms with Gasteiger partial charge in [0.1, 0.15) is 28.8 Å². The SMILES string of the molecule is CCOc1ncncc1C(=O)NCc1cc2cc(C)cc(C(=O)OC)c2o1. The van der Waals surface area contributed by atoms with Crippen LogP contribution in [0.1, 0.15) is 39.0 Å². The normalized spacial score (nSPS) is 10.6. The van der Waals surface area contributed by atoms with E-state index < -0.39 is 5.97 Å². The molecule has 8 nitrogen and oxygen atoms in total. The van der Waals surface area contributed by atoms with Gasteiger partial charge >= 0.3 is 5.97 Å². The van der Waals surface area contributed by atoms with Crippen molar-refractivity contribution in [2.75, 3.05) is 13.7 Å². The van der Waals surface area contributed by atoms with E-state index in [9.17, 15) is 9.59 Å². The molecule has 1 amide bonds. The zero-order chi connectivity index (χ0) is 19.4. The number of rotatable bonds is 6. The smallest absolute Gasteiger partial charge is 0.341 e. The number of esters is 1. The molecule has 0 atom stereocenters. The minimum atomic E-state index is -0.476. The molecular formula is C19H19N3O5. The van der Waals surface area contributed by atoms with Crippen LogP contribution in [0.3, 0.4) is 0 Å². The molecule has 0 aliphatic carbocycles. The Morgan fingerprint density at radius 1 is 1.22 bits per heavy atom. The average Bonchev–Trinajstić information content (AvgIpc) is 3.08. The Kier molecular flexibility index (Phi) is 5.35. The van der Waals surface area contributed by atoms with Gasteiger partial charge in [0.25, 0.3) is 5.91 Å². The van der Waals surface area contributed by atoms with Gasteiger partial charge in [-0.1, -0.05) is 0 Å². The molecule has 3 rings (SSSR count). The van der Waals surface area contributed by atoms with Crippen LogP contribution in [0.4, 0.5) is 0 Å². The van der Waals surface area contributed by atoms with E-state index >= 15 is 0 Å². The van der Waals surface area contributed by atoms with Crippen molar-refractivity contribution in [2.45, 2.75) is 20.4 Å². The van der Waals surface area contributed by atoms with Crippen LogP contribution in [0.2, 0.25) is 0 Å². The molecule has 0 aliphatic rings. The van der Waals surface area contributed by atoms with E-state index in [1.54, 1.807) is 19.1 Å². The fourth-order valence-electron chi connectivity index (χ4n) is 2.69. The summed E-state index contributed by atoms with van der Waals surface area (Å²) in [5.74, 6) is -0.137. The van der Waals surface area contributed by atoms with Gasteiger partial charge in [0.2, 0.25) is 5.88 Å². The molecule has 0 fully saturated rings. The van der Waals surface area contributed by atoms with E-state index in [4.69, 9.17) is 13.9 Å². The second-order valence-corrected chi connectivity index (χ2v) is 5.79. The second-order valence-electron chi connectivity index (χ2n) is 5.79. The van der Waals surface area contributed by atoms with Crippen LogP contribution in [0.5, 0.6) is 5.88 Å². The summed E-state index contributed by atoms with van der Waals surface area (Å²) in [5, 5.41) is 3.51. The molecule has 0 radical (unpaired) electrons. The molecule has 0 saturated carbocycles. The number of fused-ring (bicyclic) bond motifs is 1. The highest BCUT2D eigenvalue weighted by Crippen LogP contribution is 2.26. The molecule has 8 heteroatoms. The number of methoxy groups -OCH3 is 1. The van der Waals surface area contributed by atoms with Crippen LogP contribution < -0.4 is 10.1 Å². The van der Waals surface area contributed by atoms with Crippen molar-refractivity contribution in [1.29, 1.82) is 0 Å². The predicted octanol–water partition coefficient (Wildman–Crippen LogP) is 2.65. The van der Waals surface area contributed by atoms with E-state index in [-0.39, 0.29) is 23.9 Å². The van der Waals surface area contributed by atoms with Gasteiger partial charge in [-0.05, 0) is 37.6 Å². The van der Waals surface area contributed by atoms with Gasteiger partial charge in [-0.15, -0.1) is 0 Å². The van der Waals surface area contributed by atoms with Crippen molar-refractivity contribution in [3.63, 3.8) is 0 Å². The van der Waals surface area contributed by atoms with Crippen molar-refractivity contribution in [1.82, 2.24) is 15.3 Å². The molecule has 1 aromatic carbocycles. The number of carbonyl (C=O) groups is 2. The summed E-state index contributed by atoms with van der Waals surface area (Å²) < 4.78 is 15.9. The molecular weight excluding hydrogens is 350 g/mol. The summed E-state index contributed by atoms with van der Waals surface area (Å²) in [5.41, 5.74) is 1.92. The number of aryl methyl sites for hydroxylation is 1. The lowest BCUT2D eigenvalue weighted by Gasteiger charge is -2.07. The summed E-state index contributed by atoms with van der Waals surface area (Å²) in [6, 6.07) is 5.38. The van der Waals surface area contributed by atoms with Crippen LogP contribution in [-0.4, -0.2) is 35.6 Å². The number of hydrogen-bond donors (Lipinski definition) is 1. The molecule has 0 bridgehead atoms. The van der Waals surface area contributed by atoms with Gasteiger partial charge in [-0.2, -0.15) is 0 Å². The van der Waals surface area contributed by atoms with Gasteiger partial charge < -0.3 is 19.2 Å². The van der Waals surface area contributed by atoms with Crippen molar-refractivity contribution in [3.8, 4) is 5.88 Å². The average molecular weight is 369 g/mol. The minimum Gasteiger partial charge on any atom is -0.477 e. The molecule has 27 heavy (non-hydrogen) atoms. The van der Waals surface area contributed by atoms with Crippen molar-refractivity contribution < 1.29 is 23.5 Å². The maximum absolute atomic E-state index is 12.4. The van der Waals surface area contributed by atoms with E-state index in [0.29, 0.717) is 23.5 Å². The van der Waals surface area contributed by atoms with Gasteiger partial charge in [-0.3, -0.25) is 4.79 Å². The third kappa shape index (κ3) is 3.89. The second kappa shape index (κ2) is 7.86. The van der Waals surface area contributed by atoms with Gasteiger partial charge in [0.05, 0.1) is 20.3 Å². The minimum absolute atomic E-state index is 0.133. The zero-order valence-corrected chi connectivity index (χ0v) is 15.2. The Balaban J connectivity index is 1.82. The van der Waals surface area contributed by atoms with Gasteiger partial charge in [0.15, 0.2) is 0 Å². The van der Waals surface area contributed by atoms with E-state index in [1.165, 1.54) is 19.6 Å². The molecule has 0 saturated heterocycles. The molecule has 0 unspecified atom stereocenters. The number of benzene rings is 1. The number of nitrogens with one attached hydrogen (secondary N) is 1. The van der Waals surface area contributed by atoms with E-state index in [2.05, 4.69) is 15.3 Å². The topological polar surface area (TPSA) is 104 Å². The first-order valence-corrected chi connectivity index (χ1v) is 8.35. The lowest BCUT2D eigenvalue weighted by molar-refractivity contribution is 0.0601. The summed E-state index contributed by atoms with van der Waals surface area (Å²) in [7, 11) is 1.32. The molecule has 1 N–H and O–H groups in total. The maximum atomic E-state index is 12.4. The number of furan rings is 1. The first-order valence-electron chi connectivity index (χ1n) is 8.35. The molecule has 140 valence electrons. The Labute approximate surface area is 155 Å². The molecule has 3 aromatic rings. The third-order valence-electron chi connectivity index (χ3n) is 3.84. The fraction of sp³-hybridized carbons (Fsp3) is 0.263. The highest BCUT2D eigenvalue weighted by atomic mass is 16.5. The number of aromatic nitrogens is 2. The number of amides is 1. The van der Waals surface area contributed by atoms with Crippen LogP contribution in [0.15, 0.2) is 35.1 Å². The molecule has 2 heterocycles. The number of ether oxygens (including phenoxy) is 2. The molecule has 0 spiro atoms. The Hall–Kier alpha value is -3.42. The lowest BCUT2D eigenvalue weighted by atomic mass is 10.1. The predicted molar refractivity (Wildman–Crippen MR) is 96.7 cm³/mol. The van der Waals surface area contributed by atoms with Crippen molar-refractivity contribution in [2.24, 2.45) is 0 Å². The monoisotopic (exact) mass is 369 g/mol.